The second-order valence-corrected chi connectivity index (χ2v) is 5.31. The maximum atomic E-state index is 12.3. The van der Waals surface area contributed by atoms with Crippen LogP contribution in [-0.2, 0) is 11.3 Å². The molecule has 0 aromatic heterocycles. The summed E-state index contributed by atoms with van der Waals surface area (Å²) in [6, 6.07) is 4.15. The summed E-state index contributed by atoms with van der Waals surface area (Å²) in [4.78, 5) is 22.6. The van der Waals surface area contributed by atoms with Gasteiger partial charge in [0.15, 0.2) is 0 Å². The summed E-state index contributed by atoms with van der Waals surface area (Å²) in [5, 5.41) is 13.9. The van der Waals surface area contributed by atoms with Crippen LogP contribution in [0.1, 0.15) is 32.3 Å². The fraction of sp³-hybridized carbons (Fsp3) is 0.500. The van der Waals surface area contributed by atoms with E-state index in [4.69, 9.17) is 17.3 Å². The van der Waals surface area contributed by atoms with Gasteiger partial charge in [-0.2, -0.15) is 0 Å². The third-order valence-electron chi connectivity index (χ3n) is 3.91. The molecule has 8 heteroatoms. The second kappa shape index (κ2) is 8.92. The predicted octanol–water partition coefficient (Wildman–Crippen LogP) is 3.05. The lowest BCUT2D eigenvalue weighted by Gasteiger charge is -2.28. The number of amides is 1. The maximum absolute atomic E-state index is 12.3. The Morgan fingerprint density at radius 1 is 1.41 bits per heavy atom. The highest BCUT2D eigenvalue weighted by molar-refractivity contribution is 6.31. The van der Waals surface area contributed by atoms with Crippen LogP contribution in [0.2, 0.25) is 5.02 Å². The number of benzene rings is 1. The molecule has 0 radical (unpaired) electrons. The first-order chi connectivity index (χ1) is 9.90. The summed E-state index contributed by atoms with van der Waals surface area (Å²) in [6.07, 6.45) is 1.27. The highest BCUT2D eigenvalue weighted by atomic mass is 35.5. The van der Waals surface area contributed by atoms with Crippen molar-refractivity contribution in [3.63, 3.8) is 0 Å². The highest BCUT2D eigenvalue weighted by Crippen LogP contribution is 2.26. The number of nitrogens with two attached hydrogens (primary N) is 1. The van der Waals surface area contributed by atoms with Gasteiger partial charge in [0, 0.05) is 30.2 Å². The van der Waals surface area contributed by atoms with E-state index >= 15 is 0 Å². The van der Waals surface area contributed by atoms with E-state index in [9.17, 15) is 14.9 Å². The average molecular weight is 350 g/mol. The number of nitrogens with one attached hydrogen (secondary N) is 1. The topological polar surface area (TPSA) is 98.3 Å². The summed E-state index contributed by atoms with van der Waals surface area (Å²) in [5.74, 6) is -0.155. The van der Waals surface area contributed by atoms with E-state index in [1.807, 2.05) is 13.8 Å². The number of nitro groups is 1. The summed E-state index contributed by atoms with van der Waals surface area (Å²) in [7, 11) is 0. The molecule has 0 spiro atoms. The van der Waals surface area contributed by atoms with Crippen molar-refractivity contribution in [3.8, 4) is 0 Å². The van der Waals surface area contributed by atoms with E-state index in [1.165, 1.54) is 18.2 Å². The van der Waals surface area contributed by atoms with Crippen molar-refractivity contribution < 1.29 is 9.72 Å². The van der Waals surface area contributed by atoms with Crippen molar-refractivity contribution >= 4 is 35.6 Å². The molecule has 1 aromatic carbocycles. The van der Waals surface area contributed by atoms with Crippen LogP contribution in [0, 0.1) is 15.5 Å². The Kier molecular flexibility index (Phi) is 8.37. The number of hydrogen-bond acceptors (Lipinski definition) is 4. The molecular formula is C14H21Cl2N3O3. The van der Waals surface area contributed by atoms with Gasteiger partial charge in [0.25, 0.3) is 5.69 Å². The second-order valence-electron chi connectivity index (χ2n) is 4.91. The van der Waals surface area contributed by atoms with E-state index in [0.29, 0.717) is 23.4 Å². The molecule has 1 rings (SSSR count). The molecule has 124 valence electrons. The van der Waals surface area contributed by atoms with Gasteiger partial charge in [-0.25, -0.2) is 0 Å². The van der Waals surface area contributed by atoms with Crippen molar-refractivity contribution in [2.45, 2.75) is 33.2 Å². The fourth-order valence-corrected chi connectivity index (χ4v) is 2.31. The molecule has 0 aliphatic heterocycles. The molecule has 0 heterocycles. The molecule has 0 saturated carbocycles. The van der Waals surface area contributed by atoms with E-state index in [2.05, 4.69) is 5.32 Å². The minimum Gasteiger partial charge on any atom is -0.351 e. The van der Waals surface area contributed by atoms with Gasteiger partial charge in [0.2, 0.25) is 5.91 Å². The standard InChI is InChI=1S/C14H20ClN3O3.ClH/c1-3-14(4-2,9-16)13(19)17-8-10-7-11(18(20)21)5-6-12(10)15;/h5-7H,3-4,8-9,16H2,1-2H3,(H,17,19);1H. The number of nitro benzene ring substituents is 1. The predicted molar refractivity (Wildman–Crippen MR) is 89.3 cm³/mol. The first kappa shape index (κ1) is 20.6. The molecular weight excluding hydrogens is 329 g/mol. The number of nitrogens with zero attached hydrogens (tertiary/aromatic N) is 1. The van der Waals surface area contributed by atoms with E-state index in [-0.39, 0.29) is 37.1 Å². The largest absolute Gasteiger partial charge is 0.351 e. The zero-order valence-corrected chi connectivity index (χ0v) is 14.2. The highest BCUT2D eigenvalue weighted by Gasteiger charge is 2.33. The zero-order chi connectivity index (χ0) is 16.0. The van der Waals surface area contributed by atoms with Crippen LogP contribution in [0.4, 0.5) is 5.69 Å². The molecule has 0 unspecified atom stereocenters. The molecule has 22 heavy (non-hydrogen) atoms. The van der Waals surface area contributed by atoms with Gasteiger partial charge in [-0.1, -0.05) is 25.4 Å². The van der Waals surface area contributed by atoms with Crippen LogP contribution < -0.4 is 11.1 Å². The van der Waals surface area contributed by atoms with Crippen molar-refractivity contribution in [1.82, 2.24) is 5.32 Å². The van der Waals surface area contributed by atoms with E-state index < -0.39 is 10.3 Å². The normalized spacial score (nSPS) is 10.7. The van der Waals surface area contributed by atoms with Crippen molar-refractivity contribution in [2.75, 3.05) is 6.54 Å². The molecule has 0 saturated heterocycles. The number of rotatable bonds is 7. The summed E-state index contributed by atoms with van der Waals surface area (Å²) in [6.45, 7) is 4.22. The lowest BCUT2D eigenvalue weighted by molar-refractivity contribution is -0.384. The monoisotopic (exact) mass is 349 g/mol. The Balaban J connectivity index is 0.00000441. The van der Waals surface area contributed by atoms with Crippen LogP contribution >= 0.6 is 24.0 Å². The van der Waals surface area contributed by atoms with Crippen molar-refractivity contribution in [3.05, 3.63) is 38.9 Å². The van der Waals surface area contributed by atoms with Crippen molar-refractivity contribution in [1.29, 1.82) is 0 Å². The summed E-state index contributed by atoms with van der Waals surface area (Å²) < 4.78 is 0. The van der Waals surface area contributed by atoms with Gasteiger partial charge in [0.05, 0.1) is 10.3 Å². The molecule has 0 atom stereocenters. The summed E-state index contributed by atoms with van der Waals surface area (Å²) in [5.41, 5.74) is 5.57. The van der Waals surface area contributed by atoms with Gasteiger partial charge in [0.1, 0.15) is 0 Å². The molecule has 0 fully saturated rings. The molecule has 1 aromatic rings. The lowest BCUT2D eigenvalue weighted by Crippen LogP contribution is -2.45. The Morgan fingerprint density at radius 3 is 2.45 bits per heavy atom. The Hall–Kier alpha value is -1.37. The fourth-order valence-electron chi connectivity index (χ4n) is 2.13. The summed E-state index contributed by atoms with van der Waals surface area (Å²) >= 11 is 6.00. The number of hydrogen-bond donors (Lipinski definition) is 2. The van der Waals surface area contributed by atoms with Crippen LogP contribution in [-0.4, -0.2) is 17.4 Å². The molecule has 3 N–H and O–H groups in total. The van der Waals surface area contributed by atoms with Crippen molar-refractivity contribution in [2.24, 2.45) is 11.1 Å². The van der Waals surface area contributed by atoms with Crippen LogP contribution in [0.5, 0.6) is 0 Å². The van der Waals surface area contributed by atoms with Gasteiger partial charge >= 0.3 is 0 Å². The SMILES string of the molecule is CCC(CC)(CN)C(=O)NCc1cc([N+](=O)[O-])ccc1Cl.Cl. The first-order valence-corrected chi connectivity index (χ1v) is 7.19. The van der Waals surface area contributed by atoms with Crippen LogP contribution in [0.25, 0.3) is 0 Å². The average Bonchev–Trinajstić information content (AvgIpc) is 2.48. The Morgan fingerprint density at radius 2 is 2.00 bits per heavy atom. The van der Waals surface area contributed by atoms with Gasteiger partial charge in [-0.15, -0.1) is 12.4 Å². The zero-order valence-electron chi connectivity index (χ0n) is 12.6. The number of carbonyl (C=O) groups excluding carboxylic acids is 1. The van der Waals surface area contributed by atoms with E-state index in [1.54, 1.807) is 0 Å². The van der Waals surface area contributed by atoms with Gasteiger partial charge in [-0.05, 0) is 24.5 Å². The lowest BCUT2D eigenvalue weighted by atomic mass is 9.81. The molecule has 0 aliphatic carbocycles. The third kappa shape index (κ3) is 4.56. The smallest absolute Gasteiger partial charge is 0.269 e. The third-order valence-corrected chi connectivity index (χ3v) is 4.27. The Bertz CT molecular complexity index is 526. The minimum atomic E-state index is -0.604. The molecule has 0 bridgehead atoms. The number of halogens is 2. The van der Waals surface area contributed by atoms with E-state index in [0.717, 1.165) is 0 Å². The first-order valence-electron chi connectivity index (χ1n) is 6.81. The molecule has 1 amide bonds. The van der Waals surface area contributed by atoms with Crippen LogP contribution in [0.3, 0.4) is 0 Å². The number of carbonyl (C=O) groups is 1. The molecule has 0 aliphatic rings. The van der Waals surface area contributed by atoms with Gasteiger partial charge in [-0.3, -0.25) is 14.9 Å². The number of non-ortho nitro benzene ring substituents is 1. The maximum Gasteiger partial charge on any atom is 0.269 e. The minimum absolute atomic E-state index is 0. The molecule has 6 nitrogen and oxygen atoms in total. The van der Waals surface area contributed by atoms with Gasteiger partial charge < -0.3 is 11.1 Å². The van der Waals surface area contributed by atoms with Crippen LogP contribution in [0.15, 0.2) is 18.2 Å². The quantitative estimate of drug-likeness (QED) is 0.583. The Labute approximate surface area is 141 Å².